The van der Waals surface area contributed by atoms with Crippen molar-refractivity contribution in [3.63, 3.8) is 0 Å². The van der Waals surface area contributed by atoms with Gasteiger partial charge in [0, 0.05) is 12.2 Å². The van der Waals surface area contributed by atoms with Gasteiger partial charge in [-0.1, -0.05) is 6.92 Å². The third kappa shape index (κ3) is 2.43. The summed E-state index contributed by atoms with van der Waals surface area (Å²) in [6, 6.07) is -1.16. The van der Waals surface area contributed by atoms with Gasteiger partial charge in [-0.15, -0.1) is 0 Å². The van der Waals surface area contributed by atoms with E-state index < -0.39 is 23.8 Å². The van der Waals surface area contributed by atoms with E-state index in [9.17, 15) is 19.5 Å². The second-order valence-electron chi connectivity index (χ2n) is 2.62. The van der Waals surface area contributed by atoms with Crippen LogP contribution in [0.4, 0.5) is 0 Å². The van der Waals surface area contributed by atoms with Gasteiger partial charge in [-0.2, -0.15) is 0 Å². The summed E-state index contributed by atoms with van der Waals surface area (Å²) in [4.78, 5) is 33.2. The summed E-state index contributed by atoms with van der Waals surface area (Å²) >= 11 is 0. The maximum absolute atomic E-state index is 11.0. The normalized spacial score (nSPS) is 16.8. The fraction of sp³-hybridized carbons (Fsp3) is 0.375. The topological polar surface area (TPSA) is 77.5 Å². The minimum absolute atomic E-state index is 0. The summed E-state index contributed by atoms with van der Waals surface area (Å²) in [6.45, 7) is 1.57. The SMILES string of the molecule is CCC(C(=O)[O-])N1C(=O)C=CC1=O.[Na+]. The van der Waals surface area contributed by atoms with Crippen molar-refractivity contribution in [2.24, 2.45) is 0 Å². The Kier molecular flexibility index (Phi) is 5.04. The quantitative estimate of drug-likeness (QED) is 0.343. The molecule has 14 heavy (non-hydrogen) atoms. The molecular formula is C8H8NNaO4. The molecule has 1 aliphatic heterocycles. The minimum atomic E-state index is -1.41. The van der Waals surface area contributed by atoms with E-state index in [1.165, 1.54) is 0 Å². The molecule has 1 aliphatic rings. The van der Waals surface area contributed by atoms with Gasteiger partial charge in [-0.25, -0.2) is 0 Å². The molecule has 1 unspecified atom stereocenters. The molecule has 0 saturated carbocycles. The zero-order valence-corrected chi connectivity index (χ0v) is 10.0. The van der Waals surface area contributed by atoms with E-state index in [0.717, 1.165) is 12.2 Å². The molecular weight excluding hydrogens is 197 g/mol. The second-order valence-corrected chi connectivity index (χ2v) is 2.62. The zero-order valence-electron chi connectivity index (χ0n) is 8.02. The van der Waals surface area contributed by atoms with E-state index in [0.29, 0.717) is 4.90 Å². The van der Waals surface area contributed by atoms with Gasteiger partial charge in [0.1, 0.15) is 0 Å². The average Bonchev–Trinajstić information content (AvgIpc) is 2.36. The van der Waals surface area contributed by atoms with Crippen molar-refractivity contribution < 1.29 is 49.0 Å². The summed E-state index contributed by atoms with van der Waals surface area (Å²) in [6.07, 6.45) is 2.25. The molecule has 1 rings (SSSR count). The van der Waals surface area contributed by atoms with Crippen LogP contribution in [0.1, 0.15) is 13.3 Å². The first-order valence-electron chi connectivity index (χ1n) is 3.84. The number of carbonyl (C=O) groups excluding carboxylic acids is 3. The number of amides is 2. The fourth-order valence-electron chi connectivity index (χ4n) is 1.17. The molecule has 0 aromatic carbocycles. The number of nitrogens with zero attached hydrogens (tertiary/aromatic N) is 1. The average molecular weight is 205 g/mol. The number of rotatable bonds is 3. The summed E-state index contributed by atoms with van der Waals surface area (Å²) < 4.78 is 0. The van der Waals surface area contributed by atoms with Gasteiger partial charge in [0.15, 0.2) is 0 Å². The van der Waals surface area contributed by atoms with E-state index in [-0.39, 0.29) is 36.0 Å². The third-order valence-electron chi connectivity index (χ3n) is 1.81. The monoisotopic (exact) mass is 205 g/mol. The molecule has 0 saturated heterocycles. The molecule has 1 heterocycles. The Bertz CT molecular complexity index is 282. The summed E-state index contributed by atoms with van der Waals surface area (Å²) in [5, 5.41) is 10.5. The van der Waals surface area contributed by atoms with E-state index in [1.54, 1.807) is 6.92 Å². The number of hydrogen-bond donors (Lipinski definition) is 0. The Morgan fingerprint density at radius 2 is 1.86 bits per heavy atom. The molecule has 6 heteroatoms. The van der Waals surface area contributed by atoms with E-state index in [4.69, 9.17) is 0 Å². The van der Waals surface area contributed by atoms with Crippen LogP contribution in [0.15, 0.2) is 12.2 Å². The van der Waals surface area contributed by atoms with Crippen molar-refractivity contribution in [1.29, 1.82) is 0 Å². The van der Waals surface area contributed by atoms with Crippen molar-refractivity contribution in [2.75, 3.05) is 0 Å². The maximum atomic E-state index is 11.0. The Morgan fingerprint density at radius 3 is 2.14 bits per heavy atom. The molecule has 0 fully saturated rings. The predicted molar refractivity (Wildman–Crippen MR) is 40.1 cm³/mol. The van der Waals surface area contributed by atoms with Crippen LogP contribution in [0.5, 0.6) is 0 Å². The molecule has 0 aromatic heterocycles. The van der Waals surface area contributed by atoms with Crippen LogP contribution in [0, 0.1) is 0 Å². The first-order chi connectivity index (χ1) is 6.07. The predicted octanol–water partition coefficient (Wildman–Crippen LogP) is -4.56. The fourth-order valence-corrected chi connectivity index (χ4v) is 1.17. The Balaban J connectivity index is 0.00000169. The summed E-state index contributed by atoms with van der Waals surface area (Å²) in [5.41, 5.74) is 0. The first-order valence-corrected chi connectivity index (χ1v) is 3.84. The molecule has 1 atom stereocenters. The van der Waals surface area contributed by atoms with Gasteiger partial charge in [0.05, 0.1) is 12.0 Å². The number of carboxylic acid groups (broad SMARTS) is 1. The Morgan fingerprint density at radius 1 is 1.43 bits per heavy atom. The van der Waals surface area contributed by atoms with Gasteiger partial charge in [-0.3, -0.25) is 14.5 Å². The Labute approximate surface area is 103 Å². The summed E-state index contributed by atoms with van der Waals surface area (Å²) in [7, 11) is 0. The van der Waals surface area contributed by atoms with E-state index >= 15 is 0 Å². The zero-order chi connectivity index (χ0) is 10.0. The van der Waals surface area contributed by atoms with Crippen molar-refractivity contribution in [2.45, 2.75) is 19.4 Å². The first kappa shape index (κ1) is 13.4. The Hall–Kier alpha value is -0.650. The van der Waals surface area contributed by atoms with Gasteiger partial charge >= 0.3 is 29.6 Å². The van der Waals surface area contributed by atoms with Gasteiger partial charge < -0.3 is 9.90 Å². The molecule has 70 valence electrons. The molecule has 0 radical (unpaired) electrons. The van der Waals surface area contributed by atoms with Crippen molar-refractivity contribution in [3.8, 4) is 0 Å². The molecule has 0 aliphatic carbocycles. The van der Waals surface area contributed by atoms with Crippen molar-refractivity contribution >= 4 is 17.8 Å². The molecule has 0 bridgehead atoms. The molecule has 2 amide bonds. The number of carbonyl (C=O) groups is 3. The van der Waals surface area contributed by atoms with Crippen LogP contribution in [-0.4, -0.2) is 28.7 Å². The van der Waals surface area contributed by atoms with Crippen LogP contribution in [0.2, 0.25) is 0 Å². The number of hydrogen-bond acceptors (Lipinski definition) is 4. The number of imide groups is 1. The van der Waals surface area contributed by atoms with Crippen LogP contribution in [0.3, 0.4) is 0 Å². The minimum Gasteiger partial charge on any atom is -0.548 e. The largest absolute Gasteiger partial charge is 1.00 e. The molecule has 0 N–H and O–H groups in total. The van der Waals surface area contributed by atoms with Crippen LogP contribution in [-0.2, 0) is 14.4 Å². The van der Waals surface area contributed by atoms with Gasteiger partial charge in [0.2, 0.25) is 0 Å². The molecule has 0 aromatic rings. The van der Waals surface area contributed by atoms with E-state index in [2.05, 4.69) is 0 Å². The number of carboxylic acids is 1. The molecule has 0 spiro atoms. The van der Waals surface area contributed by atoms with Gasteiger partial charge in [0.25, 0.3) is 11.8 Å². The molecule has 5 nitrogen and oxygen atoms in total. The second kappa shape index (κ2) is 5.29. The van der Waals surface area contributed by atoms with Gasteiger partial charge in [-0.05, 0) is 6.42 Å². The van der Waals surface area contributed by atoms with Crippen molar-refractivity contribution in [3.05, 3.63) is 12.2 Å². The summed E-state index contributed by atoms with van der Waals surface area (Å²) in [5.74, 6) is -2.60. The van der Waals surface area contributed by atoms with E-state index in [1.807, 2.05) is 0 Å². The smallest absolute Gasteiger partial charge is 0.548 e. The van der Waals surface area contributed by atoms with Crippen molar-refractivity contribution in [1.82, 2.24) is 4.90 Å². The van der Waals surface area contributed by atoms with Crippen LogP contribution >= 0.6 is 0 Å². The van der Waals surface area contributed by atoms with Crippen LogP contribution < -0.4 is 34.7 Å². The maximum Gasteiger partial charge on any atom is 1.00 e. The van der Waals surface area contributed by atoms with Crippen LogP contribution in [0.25, 0.3) is 0 Å². The third-order valence-corrected chi connectivity index (χ3v) is 1.81. The number of aliphatic carboxylic acids is 1. The standard InChI is InChI=1S/C8H9NO4.Na/c1-2-5(8(12)13)9-6(10)3-4-7(9)11;/h3-5H,2H2,1H3,(H,12,13);/q;+1/p-1.